The first-order valence-electron chi connectivity index (χ1n) is 4.01. The molecular weight excluding hydrogens is 245 g/mol. The maximum Gasteiger partial charge on any atom is 0.443 e. The number of nitro groups is 1. The fraction of sp³-hybridized carbons (Fsp3) is 0.125. The van der Waals surface area contributed by atoms with Gasteiger partial charge in [0.25, 0.3) is 5.69 Å². The van der Waals surface area contributed by atoms with Gasteiger partial charge in [0, 0.05) is 6.07 Å². The van der Waals surface area contributed by atoms with Crippen LogP contribution in [-0.2, 0) is 6.18 Å². The maximum absolute atomic E-state index is 12.3. The van der Waals surface area contributed by atoms with E-state index < -0.39 is 21.8 Å². The third-order valence-electron chi connectivity index (χ3n) is 1.84. The van der Waals surface area contributed by atoms with Gasteiger partial charge in [0.1, 0.15) is 0 Å². The third kappa shape index (κ3) is 1.71. The Hall–Kier alpha value is -1.70. The average molecular weight is 248 g/mol. The first kappa shape index (κ1) is 10.8. The van der Waals surface area contributed by atoms with Crippen LogP contribution in [0.2, 0.25) is 0 Å². The second-order valence-electron chi connectivity index (χ2n) is 2.90. The van der Waals surface area contributed by atoms with Crippen LogP contribution in [0.5, 0.6) is 0 Å². The zero-order valence-corrected chi connectivity index (χ0v) is 8.30. The van der Waals surface area contributed by atoms with Crippen LogP contribution in [0.15, 0.2) is 18.2 Å². The van der Waals surface area contributed by atoms with Crippen LogP contribution >= 0.6 is 11.3 Å². The van der Waals surface area contributed by atoms with E-state index in [1.54, 1.807) is 0 Å². The standard InChI is InChI=1S/C8H3F3N2O2S/c9-8(10,11)7-12-6-4(13(14)15)2-1-3-5(6)16-7/h1-3H. The molecule has 2 aromatic rings. The number of non-ortho nitro benzene ring substituents is 1. The molecule has 0 bridgehead atoms. The quantitative estimate of drug-likeness (QED) is 0.575. The molecule has 4 nitrogen and oxygen atoms in total. The number of nitrogens with zero attached hydrogens (tertiary/aromatic N) is 2. The lowest BCUT2D eigenvalue weighted by molar-refractivity contribution is -0.383. The zero-order chi connectivity index (χ0) is 11.9. The molecule has 0 aliphatic rings. The number of aromatic nitrogens is 1. The number of nitro benzene ring substituents is 1. The number of thiazole rings is 1. The minimum Gasteiger partial charge on any atom is -0.258 e. The summed E-state index contributed by atoms with van der Waals surface area (Å²) in [6.07, 6.45) is -4.57. The van der Waals surface area contributed by atoms with Crippen LogP contribution in [0.3, 0.4) is 0 Å². The van der Waals surface area contributed by atoms with Crippen molar-refractivity contribution in [2.45, 2.75) is 6.18 Å². The van der Waals surface area contributed by atoms with Gasteiger partial charge in [-0.1, -0.05) is 6.07 Å². The van der Waals surface area contributed by atoms with Crippen LogP contribution in [-0.4, -0.2) is 9.91 Å². The number of halogens is 3. The van der Waals surface area contributed by atoms with Crippen LogP contribution in [0, 0.1) is 10.1 Å². The van der Waals surface area contributed by atoms with E-state index in [4.69, 9.17) is 0 Å². The molecule has 0 aliphatic carbocycles. The summed E-state index contributed by atoms with van der Waals surface area (Å²) < 4.78 is 37.2. The van der Waals surface area contributed by atoms with Crippen LogP contribution in [0.1, 0.15) is 5.01 Å². The summed E-state index contributed by atoms with van der Waals surface area (Å²) in [6, 6.07) is 3.83. The van der Waals surface area contributed by atoms with E-state index in [9.17, 15) is 23.3 Å². The Kier molecular flexibility index (Phi) is 2.30. The summed E-state index contributed by atoms with van der Waals surface area (Å²) in [5.74, 6) is 0. The lowest BCUT2D eigenvalue weighted by Gasteiger charge is -1.98. The summed E-state index contributed by atoms with van der Waals surface area (Å²) in [4.78, 5) is 13.1. The monoisotopic (exact) mass is 248 g/mol. The van der Waals surface area contributed by atoms with Crippen LogP contribution < -0.4 is 0 Å². The summed E-state index contributed by atoms with van der Waals surface area (Å²) in [5.41, 5.74) is -0.630. The number of benzene rings is 1. The van der Waals surface area contributed by atoms with Gasteiger partial charge < -0.3 is 0 Å². The molecule has 0 amide bonds. The van der Waals surface area contributed by atoms with E-state index in [2.05, 4.69) is 4.98 Å². The van der Waals surface area contributed by atoms with E-state index in [1.165, 1.54) is 12.1 Å². The number of hydrogen-bond donors (Lipinski definition) is 0. The second-order valence-corrected chi connectivity index (χ2v) is 3.93. The molecule has 16 heavy (non-hydrogen) atoms. The van der Waals surface area contributed by atoms with E-state index >= 15 is 0 Å². The van der Waals surface area contributed by atoms with Gasteiger partial charge in [-0.25, -0.2) is 4.98 Å². The molecule has 0 spiro atoms. The van der Waals surface area contributed by atoms with Crippen molar-refractivity contribution in [1.82, 2.24) is 4.98 Å². The largest absolute Gasteiger partial charge is 0.443 e. The molecule has 0 atom stereocenters. The van der Waals surface area contributed by atoms with Gasteiger partial charge in [-0.3, -0.25) is 10.1 Å². The summed E-state index contributed by atoms with van der Waals surface area (Å²) >= 11 is 0.395. The average Bonchev–Trinajstić information content (AvgIpc) is 2.59. The molecule has 84 valence electrons. The topological polar surface area (TPSA) is 56.0 Å². The molecular formula is C8H3F3N2O2S. The van der Waals surface area contributed by atoms with Crippen molar-refractivity contribution in [2.75, 3.05) is 0 Å². The van der Waals surface area contributed by atoms with Crippen molar-refractivity contribution in [3.63, 3.8) is 0 Å². The highest BCUT2D eigenvalue weighted by Gasteiger charge is 2.35. The van der Waals surface area contributed by atoms with Gasteiger partial charge in [0.15, 0.2) is 10.5 Å². The van der Waals surface area contributed by atoms with Crippen molar-refractivity contribution in [3.05, 3.63) is 33.3 Å². The van der Waals surface area contributed by atoms with Crippen molar-refractivity contribution < 1.29 is 18.1 Å². The molecule has 0 N–H and O–H groups in total. The minimum absolute atomic E-state index is 0.154. The van der Waals surface area contributed by atoms with Gasteiger partial charge >= 0.3 is 6.18 Å². The molecule has 2 rings (SSSR count). The molecule has 8 heteroatoms. The fourth-order valence-electron chi connectivity index (χ4n) is 1.20. The molecule has 1 aromatic heterocycles. The normalized spacial score (nSPS) is 11.9. The van der Waals surface area contributed by atoms with Gasteiger partial charge in [-0.2, -0.15) is 13.2 Å². The van der Waals surface area contributed by atoms with Gasteiger partial charge in [0.2, 0.25) is 0 Å². The van der Waals surface area contributed by atoms with E-state index in [0.29, 0.717) is 11.3 Å². The highest BCUT2D eigenvalue weighted by molar-refractivity contribution is 7.18. The molecule has 0 fully saturated rings. The molecule has 0 unspecified atom stereocenters. The number of fused-ring (bicyclic) bond motifs is 1. The van der Waals surface area contributed by atoms with Crippen molar-refractivity contribution in [3.8, 4) is 0 Å². The predicted octanol–water partition coefficient (Wildman–Crippen LogP) is 3.22. The van der Waals surface area contributed by atoms with Crippen LogP contribution in [0.4, 0.5) is 18.9 Å². The minimum atomic E-state index is -4.57. The van der Waals surface area contributed by atoms with Crippen molar-refractivity contribution in [2.24, 2.45) is 0 Å². The third-order valence-corrected chi connectivity index (χ3v) is 2.90. The van der Waals surface area contributed by atoms with E-state index in [0.717, 1.165) is 6.07 Å². The SMILES string of the molecule is O=[N+]([O-])c1cccc2sc(C(F)(F)F)nc12. The number of rotatable bonds is 1. The number of para-hydroxylation sites is 1. The van der Waals surface area contributed by atoms with Gasteiger partial charge in [-0.05, 0) is 6.07 Å². The Morgan fingerprint density at radius 2 is 2.06 bits per heavy atom. The number of hydrogen-bond acceptors (Lipinski definition) is 4. The summed E-state index contributed by atoms with van der Waals surface area (Å²) in [5, 5.41) is 9.49. The molecule has 0 saturated heterocycles. The predicted molar refractivity (Wildman–Crippen MR) is 51.3 cm³/mol. The molecule has 0 saturated carbocycles. The smallest absolute Gasteiger partial charge is 0.258 e. The highest BCUT2D eigenvalue weighted by atomic mass is 32.1. The first-order valence-corrected chi connectivity index (χ1v) is 4.82. The highest BCUT2D eigenvalue weighted by Crippen LogP contribution is 2.37. The summed E-state index contributed by atoms with van der Waals surface area (Å²) in [6.45, 7) is 0. The molecule has 0 aliphatic heterocycles. The molecule has 1 aromatic carbocycles. The Balaban J connectivity index is 2.71. The maximum atomic E-state index is 12.3. The van der Waals surface area contributed by atoms with Gasteiger partial charge in [0.05, 0.1) is 9.62 Å². The van der Waals surface area contributed by atoms with E-state index in [-0.39, 0.29) is 10.2 Å². The zero-order valence-electron chi connectivity index (χ0n) is 7.49. The molecule has 1 heterocycles. The van der Waals surface area contributed by atoms with Crippen molar-refractivity contribution >= 4 is 27.2 Å². The van der Waals surface area contributed by atoms with Crippen LogP contribution in [0.25, 0.3) is 10.2 Å². The Morgan fingerprint density at radius 1 is 1.38 bits per heavy atom. The Labute approximate surface area is 90.5 Å². The second kappa shape index (κ2) is 3.41. The summed E-state index contributed by atoms with van der Waals surface area (Å²) in [7, 11) is 0. The van der Waals surface area contributed by atoms with Gasteiger partial charge in [-0.15, -0.1) is 11.3 Å². The van der Waals surface area contributed by atoms with Crippen molar-refractivity contribution in [1.29, 1.82) is 0 Å². The molecule has 0 radical (unpaired) electrons. The Morgan fingerprint density at radius 3 is 2.62 bits per heavy atom. The first-order chi connectivity index (χ1) is 7.39. The lowest BCUT2D eigenvalue weighted by atomic mass is 10.3. The lowest BCUT2D eigenvalue weighted by Crippen LogP contribution is -2.03. The van der Waals surface area contributed by atoms with E-state index in [1.807, 2.05) is 0 Å². The Bertz CT molecular complexity index is 564. The fourth-order valence-corrected chi connectivity index (χ4v) is 2.06. The number of alkyl halides is 3.